The molecule has 0 saturated carbocycles. The topological polar surface area (TPSA) is 15.3 Å². The van der Waals surface area contributed by atoms with Gasteiger partial charge in [-0.1, -0.05) is 38.1 Å². The first-order valence-electron chi connectivity index (χ1n) is 7.22. The van der Waals surface area contributed by atoms with E-state index in [9.17, 15) is 0 Å². The normalized spacial score (nSPS) is 14.2. The first kappa shape index (κ1) is 16.2. The second-order valence-electron chi connectivity index (χ2n) is 6.61. The van der Waals surface area contributed by atoms with E-state index in [0.717, 1.165) is 6.42 Å². The van der Waals surface area contributed by atoms with Crippen LogP contribution in [0.25, 0.3) is 0 Å². The van der Waals surface area contributed by atoms with E-state index in [0.29, 0.717) is 12.0 Å². The number of hydrogen-bond donors (Lipinski definition) is 1. The van der Waals surface area contributed by atoms with Crippen LogP contribution in [0.3, 0.4) is 0 Å². The molecule has 0 heterocycles. The molecule has 0 spiro atoms. The molecule has 1 aromatic rings. The third-order valence-corrected chi connectivity index (χ3v) is 4.08. The highest BCUT2D eigenvalue weighted by atomic mass is 15.2. The van der Waals surface area contributed by atoms with Gasteiger partial charge < -0.3 is 10.2 Å². The summed E-state index contributed by atoms with van der Waals surface area (Å²) < 4.78 is 0. The highest BCUT2D eigenvalue weighted by Gasteiger charge is 2.31. The van der Waals surface area contributed by atoms with Crippen molar-refractivity contribution in [2.45, 2.75) is 45.7 Å². The summed E-state index contributed by atoms with van der Waals surface area (Å²) in [4.78, 5) is 2.28. The van der Waals surface area contributed by atoms with E-state index in [4.69, 9.17) is 0 Å². The van der Waals surface area contributed by atoms with Gasteiger partial charge >= 0.3 is 0 Å². The monoisotopic (exact) mass is 262 g/mol. The molecule has 0 amide bonds. The fraction of sp³-hybridized carbons (Fsp3) is 0.647. The molecule has 1 unspecified atom stereocenters. The Morgan fingerprint density at radius 2 is 1.84 bits per heavy atom. The number of benzene rings is 1. The van der Waals surface area contributed by atoms with Crippen LogP contribution < -0.4 is 5.32 Å². The van der Waals surface area contributed by atoms with Gasteiger partial charge in [-0.05, 0) is 58.5 Å². The van der Waals surface area contributed by atoms with E-state index in [1.54, 1.807) is 0 Å². The van der Waals surface area contributed by atoms with Gasteiger partial charge in [0.15, 0.2) is 0 Å². The van der Waals surface area contributed by atoms with Crippen molar-refractivity contribution in [2.75, 3.05) is 21.1 Å². The van der Waals surface area contributed by atoms with E-state index in [1.807, 2.05) is 7.05 Å². The van der Waals surface area contributed by atoms with Gasteiger partial charge in [0, 0.05) is 11.6 Å². The van der Waals surface area contributed by atoms with Crippen LogP contribution in [0, 0.1) is 5.92 Å². The van der Waals surface area contributed by atoms with Crippen LogP contribution in [0.4, 0.5) is 0 Å². The summed E-state index contributed by atoms with van der Waals surface area (Å²) in [5.74, 6) is 0.699. The minimum atomic E-state index is 0.0746. The molecule has 1 atom stereocenters. The Kier molecular flexibility index (Phi) is 5.57. The van der Waals surface area contributed by atoms with Crippen molar-refractivity contribution >= 4 is 0 Å². The Morgan fingerprint density at radius 3 is 2.32 bits per heavy atom. The Labute approximate surface area is 119 Å². The third kappa shape index (κ3) is 4.05. The summed E-state index contributed by atoms with van der Waals surface area (Å²) >= 11 is 0. The van der Waals surface area contributed by atoms with Gasteiger partial charge in [-0.3, -0.25) is 0 Å². The predicted octanol–water partition coefficient (Wildman–Crippen LogP) is 3.49. The number of rotatable bonds is 6. The van der Waals surface area contributed by atoms with Gasteiger partial charge in [-0.2, -0.15) is 0 Å². The molecule has 0 aliphatic rings. The average Bonchev–Trinajstić information content (AvgIpc) is 2.28. The Hall–Kier alpha value is -0.860. The lowest BCUT2D eigenvalue weighted by Gasteiger charge is -2.40. The number of hydrogen-bond acceptors (Lipinski definition) is 2. The van der Waals surface area contributed by atoms with Crippen LogP contribution in [0.1, 0.15) is 44.9 Å². The summed E-state index contributed by atoms with van der Waals surface area (Å²) in [7, 11) is 6.33. The van der Waals surface area contributed by atoms with Crippen molar-refractivity contribution in [3.8, 4) is 0 Å². The molecule has 1 rings (SSSR count). The smallest absolute Gasteiger partial charge is 0.0499 e. The predicted molar refractivity (Wildman–Crippen MR) is 84.6 cm³/mol. The quantitative estimate of drug-likeness (QED) is 0.844. The molecule has 0 aliphatic carbocycles. The van der Waals surface area contributed by atoms with Crippen LogP contribution in [0.5, 0.6) is 0 Å². The molecule has 0 saturated heterocycles. The molecule has 2 nitrogen and oxygen atoms in total. The van der Waals surface area contributed by atoms with Crippen molar-refractivity contribution < 1.29 is 0 Å². The summed E-state index contributed by atoms with van der Waals surface area (Å²) in [6.07, 6.45) is 1.15. The van der Waals surface area contributed by atoms with Crippen LogP contribution >= 0.6 is 0 Å². The van der Waals surface area contributed by atoms with Crippen molar-refractivity contribution in [3.05, 3.63) is 35.4 Å². The van der Waals surface area contributed by atoms with Crippen molar-refractivity contribution in [1.29, 1.82) is 0 Å². The van der Waals surface area contributed by atoms with Crippen molar-refractivity contribution in [1.82, 2.24) is 10.2 Å². The van der Waals surface area contributed by atoms with Gasteiger partial charge in [-0.15, -0.1) is 0 Å². The number of nitrogens with one attached hydrogen (secondary N) is 1. The molecule has 0 radical (unpaired) electrons. The van der Waals surface area contributed by atoms with Crippen molar-refractivity contribution in [2.24, 2.45) is 5.92 Å². The molecule has 1 aromatic carbocycles. The Bertz CT molecular complexity index is 394. The molecule has 108 valence electrons. The zero-order chi connectivity index (χ0) is 14.6. The zero-order valence-electron chi connectivity index (χ0n) is 13.6. The largest absolute Gasteiger partial charge is 0.311 e. The van der Waals surface area contributed by atoms with E-state index in [1.165, 1.54) is 11.1 Å². The molecule has 0 bridgehead atoms. The zero-order valence-corrected chi connectivity index (χ0v) is 13.6. The molecule has 1 N–H and O–H groups in total. The molecule has 0 aromatic heterocycles. The Morgan fingerprint density at radius 1 is 1.21 bits per heavy atom. The van der Waals surface area contributed by atoms with E-state index >= 15 is 0 Å². The minimum Gasteiger partial charge on any atom is -0.311 e. The number of nitrogens with zero attached hydrogens (tertiary/aromatic N) is 1. The van der Waals surface area contributed by atoms with Gasteiger partial charge in [0.1, 0.15) is 0 Å². The Balaban J connectivity index is 3.05. The van der Waals surface area contributed by atoms with Gasteiger partial charge in [0.2, 0.25) is 0 Å². The molecule has 0 fully saturated rings. The third-order valence-electron chi connectivity index (χ3n) is 4.08. The van der Waals surface area contributed by atoms with E-state index in [-0.39, 0.29) is 5.54 Å². The summed E-state index contributed by atoms with van der Waals surface area (Å²) in [5.41, 5.74) is 2.88. The van der Waals surface area contributed by atoms with E-state index < -0.39 is 0 Å². The summed E-state index contributed by atoms with van der Waals surface area (Å²) in [6, 6.07) is 9.33. The van der Waals surface area contributed by atoms with E-state index in [2.05, 4.69) is 76.3 Å². The molecular weight excluding hydrogens is 232 g/mol. The number of likely N-dealkylation sites (N-methyl/N-ethyl adjacent to an activating group) is 2. The first-order chi connectivity index (χ1) is 8.78. The lowest BCUT2D eigenvalue weighted by Crippen LogP contribution is -2.48. The highest BCUT2D eigenvalue weighted by molar-refractivity contribution is 5.28. The first-order valence-corrected chi connectivity index (χ1v) is 7.22. The lowest BCUT2D eigenvalue weighted by molar-refractivity contribution is 0.142. The summed E-state index contributed by atoms with van der Waals surface area (Å²) in [6.45, 7) is 9.10. The fourth-order valence-corrected chi connectivity index (χ4v) is 2.56. The fourth-order valence-electron chi connectivity index (χ4n) is 2.56. The standard InChI is InChI=1S/C17H30N2/c1-13(2)11-14-9-8-10-15(12-14)16(18-5)17(3,4)19(6)7/h8-10,12-13,16,18H,11H2,1-7H3. The summed E-state index contributed by atoms with van der Waals surface area (Å²) in [5, 5.41) is 3.48. The van der Waals surface area contributed by atoms with Crippen LogP contribution in [0.2, 0.25) is 0 Å². The second-order valence-corrected chi connectivity index (χ2v) is 6.61. The molecular formula is C17H30N2. The lowest BCUT2D eigenvalue weighted by atomic mass is 9.86. The van der Waals surface area contributed by atoms with Crippen LogP contribution in [-0.4, -0.2) is 31.6 Å². The maximum Gasteiger partial charge on any atom is 0.0499 e. The van der Waals surface area contributed by atoms with Crippen LogP contribution in [0.15, 0.2) is 24.3 Å². The van der Waals surface area contributed by atoms with Gasteiger partial charge in [-0.25, -0.2) is 0 Å². The minimum absolute atomic E-state index is 0.0746. The van der Waals surface area contributed by atoms with Crippen LogP contribution in [-0.2, 0) is 6.42 Å². The molecule has 2 heteroatoms. The molecule has 19 heavy (non-hydrogen) atoms. The molecule has 0 aliphatic heterocycles. The average molecular weight is 262 g/mol. The van der Waals surface area contributed by atoms with Gasteiger partial charge in [0.25, 0.3) is 0 Å². The maximum atomic E-state index is 3.48. The second kappa shape index (κ2) is 6.53. The van der Waals surface area contributed by atoms with Gasteiger partial charge in [0.05, 0.1) is 0 Å². The highest BCUT2D eigenvalue weighted by Crippen LogP contribution is 2.29. The maximum absolute atomic E-state index is 3.48. The SMILES string of the molecule is CNC(c1cccc(CC(C)C)c1)C(C)(C)N(C)C. The van der Waals surface area contributed by atoms with Crippen molar-refractivity contribution in [3.63, 3.8) is 0 Å².